The summed E-state index contributed by atoms with van der Waals surface area (Å²) in [5.41, 5.74) is 6.05. The van der Waals surface area contributed by atoms with E-state index in [0.29, 0.717) is 0 Å². The molecule has 1 aliphatic carbocycles. The van der Waals surface area contributed by atoms with Gasteiger partial charge in [0.1, 0.15) is 17.4 Å². The highest BCUT2D eigenvalue weighted by molar-refractivity contribution is 5.85. The minimum Gasteiger partial charge on any atom is -0.507 e. The Labute approximate surface area is 112 Å². The number of hydrogen-bond donors (Lipinski definition) is 2. The summed E-state index contributed by atoms with van der Waals surface area (Å²) in [6, 6.07) is 1.15. The molecule has 0 bridgehead atoms. The predicted octanol–water partition coefficient (Wildman–Crippen LogP) is 3.67. The zero-order chi connectivity index (χ0) is 12.4. The molecule has 0 spiro atoms. The van der Waals surface area contributed by atoms with Crippen LogP contribution in [0.3, 0.4) is 0 Å². The third kappa shape index (κ3) is 3.12. The average Bonchev–Trinajstić information content (AvgIpc) is 2.28. The van der Waals surface area contributed by atoms with Gasteiger partial charge < -0.3 is 10.8 Å². The van der Waals surface area contributed by atoms with E-state index < -0.39 is 17.7 Å². The largest absolute Gasteiger partial charge is 0.507 e. The molecule has 1 aromatic carbocycles. The highest BCUT2D eigenvalue weighted by atomic mass is 35.5. The Morgan fingerprint density at radius 3 is 2.33 bits per heavy atom. The van der Waals surface area contributed by atoms with Crippen molar-refractivity contribution in [3.63, 3.8) is 0 Å². The van der Waals surface area contributed by atoms with Crippen LogP contribution in [-0.4, -0.2) is 5.11 Å². The topological polar surface area (TPSA) is 46.2 Å². The van der Waals surface area contributed by atoms with Gasteiger partial charge in [-0.25, -0.2) is 8.78 Å². The number of hydrogen-bond acceptors (Lipinski definition) is 2. The zero-order valence-corrected chi connectivity index (χ0v) is 10.9. The fourth-order valence-electron chi connectivity index (χ4n) is 2.63. The van der Waals surface area contributed by atoms with E-state index in [9.17, 15) is 13.9 Å². The summed E-state index contributed by atoms with van der Waals surface area (Å²) in [5, 5.41) is 9.61. The summed E-state index contributed by atoms with van der Waals surface area (Å²) in [6.45, 7) is 0. The van der Waals surface area contributed by atoms with Crippen molar-refractivity contribution in [1.82, 2.24) is 0 Å². The second-order valence-corrected chi connectivity index (χ2v) is 4.74. The summed E-state index contributed by atoms with van der Waals surface area (Å²) in [7, 11) is 0. The van der Waals surface area contributed by atoms with Gasteiger partial charge in [-0.1, -0.05) is 19.3 Å². The van der Waals surface area contributed by atoms with Gasteiger partial charge in [-0.15, -0.1) is 12.4 Å². The van der Waals surface area contributed by atoms with Crippen LogP contribution < -0.4 is 5.73 Å². The summed E-state index contributed by atoms with van der Waals surface area (Å²) < 4.78 is 26.5. The van der Waals surface area contributed by atoms with Crippen LogP contribution in [0.5, 0.6) is 5.75 Å². The van der Waals surface area contributed by atoms with Crippen LogP contribution in [0.2, 0.25) is 0 Å². The Morgan fingerprint density at radius 2 is 1.78 bits per heavy atom. The van der Waals surface area contributed by atoms with Crippen molar-refractivity contribution in [3.8, 4) is 5.75 Å². The van der Waals surface area contributed by atoms with Crippen LogP contribution in [0, 0.1) is 17.6 Å². The molecule has 3 N–H and O–H groups in total. The predicted molar refractivity (Wildman–Crippen MR) is 68.8 cm³/mol. The second kappa shape index (κ2) is 6.34. The quantitative estimate of drug-likeness (QED) is 0.866. The number of aromatic hydroxyl groups is 1. The molecule has 0 saturated heterocycles. The van der Waals surface area contributed by atoms with Gasteiger partial charge in [0, 0.05) is 23.7 Å². The molecular formula is C13H18ClF2NO. The lowest BCUT2D eigenvalue weighted by atomic mass is 9.81. The van der Waals surface area contributed by atoms with E-state index >= 15 is 0 Å². The first kappa shape index (κ1) is 15.2. The van der Waals surface area contributed by atoms with Crippen molar-refractivity contribution in [2.45, 2.75) is 38.1 Å². The van der Waals surface area contributed by atoms with Gasteiger partial charge in [0.25, 0.3) is 0 Å². The molecule has 0 amide bonds. The minimum atomic E-state index is -0.778. The second-order valence-electron chi connectivity index (χ2n) is 4.74. The molecule has 2 rings (SSSR count). The molecule has 5 heteroatoms. The van der Waals surface area contributed by atoms with Gasteiger partial charge in [-0.05, 0) is 18.8 Å². The van der Waals surface area contributed by atoms with E-state index in [1.165, 1.54) is 6.42 Å². The van der Waals surface area contributed by atoms with Gasteiger partial charge in [-0.3, -0.25) is 0 Å². The third-order valence-electron chi connectivity index (χ3n) is 3.56. The number of halogens is 3. The molecule has 0 aromatic heterocycles. The van der Waals surface area contributed by atoms with Gasteiger partial charge in [0.15, 0.2) is 0 Å². The summed E-state index contributed by atoms with van der Waals surface area (Å²) >= 11 is 0. The highest BCUT2D eigenvalue weighted by Crippen LogP contribution is 2.37. The van der Waals surface area contributed by atoms with Crippen LogP contribution in [-0.2, 0) is 0 Å². The van der Waals surface area contributed by atoms with Gasteiger partial charge >= 0.3 is 0 Å². The van der Waals surface area contributed by atoms with E-state index in [4.69, 9.17) is 5.73 Å². The van der Waals surface area contributed by atoms with Crippen LogP contribution in [0.15, 0.2) is 12.1 Å². The Morgan fingerprint density at radius 1 is 1.17 bits per heavy atom. The highest BCUT2D eigenvalue weighted by Gasteiger charge is 2.26. The number of rotatable bonds is 2. The van der Waals surface area contributed by atoms with Crippen LogP contribution >= 0.6 is 12.4 Å². The molecule has 0 heterocycles. The Hall–Kier alpha value is -0.870. The third-order valence-corrected chi connectivity index (χ3v) is 3.56. The van der Waals surface area contributed by atoms with E-state index in [0.717, 1.165) is 37.8 Å². The van der Waals surface area contributed by atoms with Crippen molar-refractivity contribution in [3.05, 3.63) is 29.3 Å². The standard InChI is InChI=1S/C13H17F2NO.ClH/c14-9-6-10(15)12(11(17)7-9)13(16)8-4-2-1-3-5-8;/h6-8,13,17H,1-5,16H2;1H/t13-;/m0./s1. The van der Waals surface area contributed by atoms with E-state index in [1.54, 1.807) is 0 Å². The van der Waals surface area contributed by atoms with Gasteiger partial charge in [0.05, 0.1) is 0 Å². The first-order valence-electron chi connectivity index (χ1n) is 6.03. The molecular weight excluding hydrogens is 260 g/mol. The Kier molecular flexibility index (Phi) is 5.35. The molecule has 1 saturated carbocycles. The van der Waals surface area contributed by atoms with Crippen LogP contribution in [0.25, 0.3) is 0 Å². The van der Waals surface area contributed by atoms with Crippen molar-refractivity contribution < 1.29 is 13.9 Å². The van der Waals surface area contributed by atoms with Crippen LogP contribution in [0.1, 0.15) is 43.7 Å². The molecule has 1 atom stereocenters. The minimum absolute atomic E-state index is 0. The lowest BCUT2D eigenvalue weighted by Gasteiger charge is -2.28. The fourth-order valence-corrected chi connectivity index (χ4v) is 2.63. The molecule has 102 valence electrons. The van der Waals surface area contributed by atoms with Crippen molar-refractivity contribution in [1.29, 1.82) is 0 Å². The zero-order valence-electron chi connectivity index (χ0n) is 10.0. The number of phenols is 1. The average molecular weight is 278 g/mol. The number of phenolic OH excluding ortho intramolecular Hbond substituents is 1. The van der Waals surface area contributed by atoms with Crippen molar-refractivity contribution in [2.24, 2.45) is 11.7 Å². The van der Waals surface area contributed by atoms with E-state index in [-0.39, 0.29) is 29.6 Å². The maximum absolute atomic E-state index is 13.6. The van der Waals surface area contributed by atoms with Crippen molar-refractivity contribution >= 4 is 12.4 Å². The lowest BCUT2D eigenvalue weighted by molar-refractivity contribution is 0.297. The summed E-state index contributed by atoms with van der Waals surface area (Å²) in [4.78, 5) is 0. The maximum atomic E-state index is 13.6. The molecule has 1 aromatic rings. The SMILES string of the molecule is Cl.N[C@H](c1c(O)cc(F)cc1F)C1CCCCC1. The van der Waals surface area contributed by atoms with Crippen LogP contribution in [0.4, 0.5) is 8.78 Å². The smallest absolute Gasteiger partial charge is 0.134 e. The normalized spacial score (nSPS) is 18.2. The van der Waals surface area contributed by atoms with Gasteiger partial charge in [-0.2, -0.15) is 0 Å². The van der Waals surface area contributed by atoms with E-state index in [1.807, 2.05) is 0 Å². The molecule has 0 unspecified atom stereocenters. The maximum Gasteiger partial charge on any atom is 0.134 e. The molecule has 1 fully saturated rings. The molecule has 1 aliphatic rings. The molecule has 2 nitrogen and oxygen atoms in total. The lowest BCUT2D eigenvalue weighted by Crippen LogP contribution is -2.24. The molecule has 18 heavy (non-hydrogen) atoms. The first-order valence-corrected chi connectivity index (χ1v) is 6.03. The summed E-state index contributed by atoms with van der Waals surface area (Å²) in [6.07, 6.45) is 5.24. The monoisotopic (exact) mass is 277 g/mol. The fraction of sp³-hybridized carbons (Fsp3) is 0.538. The number of nitrogens with two attached hydrogens (primary N) is 1. The van der Waals surface area contributed by atoms with Crippen molar-refractivity contribution in [2.75, 3.05) is 0 Å². The number of benzene rings is 1. The van der Waals surface area contributed by atoms with Gasteiger partial charge in [0.2, 0.25) is 0 Å². The Bertz CT molecular complexity index is 385. The van der Waals surface area contributed by atoms with E-state index in [2.05, 4.69) is 0 Å². The summed E-state index contributed by atoms with van der Waals surface area (Å²) in [5.74, 6) is -1.73. The molecule has 0 radical (unpaired) electrons. The first-order chi connectivity index (χ1) is 8.09. The Balaban J connectivity index is 0.00000162. The molecule has 0 aliphatic heterocycles.